The summed E-state index contributed by atoms with van der Waals surface area (Å²) in [5.41, 5.74) is 0.814. The molecule has 0 saturated carbocycles. The third-order valence-electron chi connectivity index (χ3n) is 4.98. The summed E-state index contributed by atoms with van der Waals surface area (Å²) in [7, 11) is 3.12. The summed E-state index contributed by atoms with van der Waals surface area (Å²) in [5, 5.41) is 0.354. The molecule has 0 aliphatic carbocycles. The lowest BCUT2D eigenvalue weighted by atomic mass is 10.0. The molecule has 0 radical (unpaired) electrons. The van der Waals surface area contributed by atoms with E-state index in [1.165, 1.54) is 4.57 Å². The van der Waals surface area contributed by atoms with E-state index in [4.69, 9.17) is 14.2 Å². The number of nitrogens with one attached hydrogen (secondary N) is 1. The standard InChI is InChI=1S/C20H21N3O5/c1-26-15-6-5-12(10-16(15)27-2)14-7-8-21-18-17(14)19(24)22-20(25)23(18)11-13-4-3-9-28-13/h5-8,10,13H,3-4,9,11H2,1-2H3,(H,22,24,25)/t13-/m1/s1. The fraction of sp³-hybridized carbons (Fsp3) is 0.350. The lowest BCUT2D eigenvalue weighted by molar-refractivity contribution is 0.0967. The molecule has 1 N–H and O–H groups in total. The normalized spacial score (nSPS) is 16.4. The van der Waals surface area contributed by atoms with Gasteiger partial charge >= 0.3 is 5.69 Å². The Morgan fingerprint density at radius 1 is 1.21 bits per heavy atom. The summed E-state index contributed by atoms with van der Waals surface area (Å²) in [4.78, 5) is 31.9. The first kappa shape index (κ1) is 18.2. The molecule has 1 aromatic carbocycles. The predicted molar refractivity (Wildman–Crippen MR) is 104 cm³/mol. The number of nitrogens with zero attached hydrogens (tertiary/aromatic N) is 2. The molecule has 4 rings (SSSR count). The second kappa shape index (κ2) is 7.47. The number of pyridine rings is 1. The molecule has 0 bridgehead atoms. The Bertz CT molecular complexity index is 1130. The van der Waals surface area contributed by atoms with Crippen molar-refractivity contribution in [1.82, 2.24) is 14.5 Å². The smallest absolute Gasteiger partial charge is 0.330 e. The quantitative estimate of drug-likeness (QED) is 0.724. The van der Waals surface area contributed by atoms with Crippen molar-refractivity contribution in [2.45, 2.75) is 25.5 Å². The third kappa shape index (κ3) is 3.16. The molecule has 1 saturated heterocycles. The molecule has 0 unspecified atom stereocenters. The fourth-order valence-electron chi connectivity index (χ4n) is 3.61. The summed E-state index contributed by atoms with van der Waals surface area (Å²) in [6.45, 7) is 1.04. The number of benzene rings is 1. The van der Waals surface area contributed by atoms with Crippen molar-refractivity contribution in [2.75, 3.05) is 20.8 Å². The zero-order valence-corrected chi connectivity index (χ0v) is 15.7. The van der Waals surface area contributed by atoms with E-state index < -0.39 is 11.2 Å². The average Bonchev–Trinajstić information content (AvgIpc) is 3.23. The van der Waals surface area contributed by atoms with Gasteiger partial charge in [-0.25, -0.2) is 9.78 Å². The highest BCUT2D eigenvalue weighted by Crippen LogP contribution is 2.34. The fourth-order valence-corrected chi connectivity index (χ4v) is 3.61. The lowest BCUT2D eigenvalue weighted by Crippen LogP contribution is -2.34. The minimum Gasteiger partial charge on any atom is -0.493 e. The van der Waals surface area contributed by atoms with Gasteiger partial charge in [-0.05, 0) is 42.2 Å². The Morgan fingerprint density at radius 3 is 2.75 bits per heavy atom. The summed E-state index contributed by atoms with van der Waals surface area (Å²) < 4.78 is 17.8. The second-order valence-electron chi connectivity index (χ2n) is 6.63. The minimum absolute atomic E-state index is 0.0571. The maximum absolute atomic E-state index is 12.7. The van der Waals surface area contributed by atoms with Gasteiger partial charge in [-0.1, -0.05) is 6.07 Å². The number of methoxy groups -OCH3 is 2. The minimum atomic E-state index is -0.482. The summed E-state index contributed by atoms with van der Waals surface area (Å²) >= 11 is 0. The van der Waals surface area contributed by atoms with Crippen molar-refractivity contribution >= 4 is 11.0 Å². The van der Waals surface area contributed by atoms with Gasteiger partial charge in [-0.3, -0.25) is 14.3 Å². The Labute approximate surface area is 160 Å². The number of aromatic nitrogens is 3. The van der Waals surface area contributed by atoms with Crippen LogP contribution in [0.2, 0.25) is 0 Å². The molecule has 1 aliphatic heterocycles. The lowest BCUT2D eigenvalue weighted by Gasteiger charge is -2.15. The van der Waals surface area contributed by atoms with Crippen molar-refractivity contribution in [3.63, 3.8) is 0 Å². The van der Waals surface area contributed by atoms with Crippen LogP contribution < -0.4 is 20.7 Å². The molecule has 0 spiro atoms. The number of aromatic amines is 1. The topological polar surface area (TPSA) is 95.4 Å². The third-order valence-corrected chi connectivity index (χ3v) is 4.98. The second-order valence-corrected chi connectivity index (χ2v) is 6.63. The van der Waals surface area contributed by atoms with Gasteiger partial charge in [-0.15, -0.1) is 0 Å². The molecule has 1 fully saturated rings. The molecule has 1 aliphatic rings. The Kier molecular flexibility index (Phi) is 4.87. The van der Waals surface area contributed by atoms with Crippen LogP contribution in [0.5, 0.6) is 11.5 Å². The molecule has 28 heavy (non-hydrogen) atoms. The number of rotatable bonds is 5. The first-order valence-electron chi connectivity index (χ1n) is 9.08. The van der Waals surface area contributed by atoms with Gasteiger partial charge in [0.1, 0.15) is 5.65 Å². The zero-order chi connectivity index (χ0) is 19.7. The van der Waals surface area contributed by atoms with Crippen molar-refractivity contribution in [3.8, 4) is 22.6 Å². The monoisotopic (exact) mass is 383 g/mol. The van der Waals surface area contributed by atoms with E-state index in [9.17, 15) is 9.59 Å². The molecule has 3 aromatic rings. The van der Waals surface area contributed by atoms with E-state index in [1.54, 1.807) is 38.6 Å². The van der Waals surface area contributed by atoms with Crippen LogP contribution in [-0.4, -0.2) is 41.5 Å². The number of fused-ring (bicyclic) bond motifs is 1. The molecular formula is C20H21N3O5. The first-order valence-corrected chi connectivity index (χ1v) is 9.08. The zero-order valence-electron chi connectivity index (χ0n) is 15.7. The summed E-state index contributed by atoms with van der Waals surface area (Å²) in [5.74, 6) is 1.14. The molecule has 8 heteroatoms. The molecule has 146 valence electrons. The number of hydrogen-bond acceptors (Lipinski definition) is 6. The van der Waals surface area contributed by atoms with Crippen LogP contribution in [0, 0.1) is 0 Å². The van der Waals surface area contributed by atoms with Crippen molar-refractivity contribution in [2.24, 2.45) is 0 Å². The maximum atomic E-state index is 12.7. The van der Waals surface area contributed by atoms with E-state index >= 15 is 0 Å². The van der Waals surface area contributed by atoms with Crippen LogP contribution >= 0.6 is 0 Å². The van der Waals surface area contributed by atoms with Crippen LogP contribution in [0.1, 0.15) is 12.8 Å². The van der Waals surface area contributed by atoms with E-state index in [1.807, 2.05) is 6.07 Å². The maximum Gasteiger partial charge on any atom is 0.330 e. The van der Waals surface area contributed by atoms with Crippen molar-refractivity contribution < 1.29 is 14.2 Å². The van der Waals surface area contributed by atoms with E-state index in [-0.39, 0.29) is 6.10 Å². The van der Waals surface area contributed by atoms with Gasteiger partial charge < -0.3 is 14.2 Å². The number of hydrogen-bond donors (Lipinski definition) is 1. The SMILES string of the molecule is COc1ccc(-c2ccnc3c2c(=O)[nH]c(=O)n3C[C@H]2CCCO2)cc1OC. The van der Waals surface area contributed by atoms with Crippen LogP contribution in [0.4, 0.5) is 0 Å². The van der Waals surface area contributed by atoms with Gasteiger partial charge in [0, 0.05) is 12.8 Å². The van der Waals surface area contributed by atoms with Gasteiger partial charge in [0.2, 0.25) is 0 Å². The Balaban J connectivity index is 1.91. The number of ether oxygens (including phenoxy) is 3. The molecular weight excluding hydrogens is 362 g/mol. The van der Waals surface area contributed by atoms with Crippen LogP contribution in [0.25, 0.3) is 22.2 Å². The van der Waals surface area contributed by atoms with Gasteiger partial charge in [-0.2, -0.15) is 0 Å². The van der Waals surface area contributed by atoms with Gasteiger partial charge in [0.25, 0.3) is 5.56 Å². The largest absolute Gasteiger partial charge is 0.493 e. The molecule has 8 nitrogen and oxygen atoms in total. The van der Waals surface area contributed by atoms with E-state index in [2.05, 4.69) is 9.97 Å². The highest BCUT2D eigenvalue weighted by atomic mass is 16.5. The van der Waals surface area contributed by atoms with Crippen molar-refractivity contribution in [3.05, 3.63) is 51.3 Å². The first-order chi connectivity index (χ1) is 13.6. The van der Waals surface area contributed by atoms with E-state index in [0.717, 1.165) is 18.4 Å². The highest BCUT2D eigenvalue weighted by Gasteiger charge is 2.20. The van der Waals surface area contributed by atoms with Crippen LogP contribution in [-0.2, 0) is 11.3 Å². The van der Waals surface area contributed by atoms with Gasteiger partial charge in [0.05, 0.1) is 32.3 Å². The Hall–Kier alpha value is -3.13. The molecule has 1 atom stereocenters. The van der Waals surface area contributed by atoms with Crippen LogP contribution in [0.15, 0.2) is 40.1 Å². The predicted octanol–water partition coefficient (Wildman–Crippen LogP) is 1.95. The molecule has 0 amide bonds. The summed E-state index contributed by atoms with van der Waals surface area (Å²) in [6, 6.07) is 7.16. The van der Waals surface area contributed by atoms with Crippen molar-refractivity contribution in [1.29, 1.82) is 0 Å². The molecule has 2 aromatic heterocycles. The van der Waals surface area contributed by atoms with Gasteiger partial charge in [0.15, 0.2) is 11.5 Å². The molecule has 3 heterocycles. The average molecular weight is 383 g/mol. The summed E-state index contributed by atoms with van der Waals surface area (Å²) in [6.07, 6.45) is 3.38. The highest BCUT2D eigenvalue weighted by molar-refractivity contribution is 5.92. The number of H-pyrrole nitrogens is 1. The van der Waals surface area contributed by atoms with E-state index in [0.29, 0.717) is 41.2 Å². The Morgan fingerprint density at radius 2 is 2.04 bits per heavy atom. The van der Waals surface area contributed by atoms with Crippen LogP contribution in [0.3, 0.4) is 0 Å².